The Labute approximate surface area is 133 Å². The minimum Gasteiger partial charge on any atom is -0.376 e. The van der Waals surface area contributed by atoms with Crippen LogP contribution in [0.25, 0.3) is 0 Å². The average Bonchev–Trinajstić information content (AvgIpc) is 3.04. The maximum Gasteiger partial charge on any atom is 0.187 e. The van der Waals surface area contributed by atoms with Crippen molar-refractivity contribution in [1.82, 2.24) is 10.7 Å². The van der Waals surface area contributed by atoms with Crippen LogP contribution in [0.1, 0.15) is 57.8 Å². The third-order valence-electron chi connectivity index (χ3n) is 5.20. The second-order valence-corrected chi connectivity index (χ2v) is 7.09. The predicted molar refractivity (Wildman–Crippen MR) is 89.4 cm³/mol. The van der Waals surface area contributed by atoms with Crippen molar-refractivity contribution in [3.05, 3.63) is 0 Å². The number of hydrogen-bond donors (Lipinski definition) is 2. The molecular weight excluding hydrogens is 282 g/mol. The maximum absolute atomic E-state index is 5.57. The summed E-state index contributed by atoms with van der Waals surface area (Å²) in [5, 5.41) is 8.38. The van der Waals surface area contributed by atoms with E-state index in [1.807, 2.05) is 0 Å². The van der Waals surface area contributed by atoms with E-state index in [9.17, 15) is 0 Å². The summed E-state index contributed by atoms with van der Waals surface area (Å²) in [6.45, 7) is 1.68. The number of nitrogens with zero attached hydrogens (tertiary/aromatic N) is 1. The van der Waals surface area contributed by atoms with Gasteiger partial charge in [0.2, 0.25) is 0 Å². The quantitative estimate of drug-likeness (QED) is 0.621. The van der Waals surface area contributed by atoms with E-state index in [-0.39, 0.29) is 0 Å². The molecule has 2 N–H and O–H groups in total. The van der Waals surface area contributed by atoms with Gasteiger partial charge in [0.25, 0.3) is 0 Å². The summed E-state index contributed by atoms with van der Waals surface area (Å²) in [5.41, 5.74) is 4.33. The Morgan fingerprint density at radius 2 is 2.00 bits per heavy atom. The van der Waals surface area contributed by atoms with Gasteiger partial charge in [-0.05, 0) is 62.6 Å². The zero-order chi connectivity index (χ0) is 14.5. The minimum atomic E-state index is 0.315. The Kier molecular flexibility index (Phi) is 5.47. The second-order valence-electron chi connectivity index (χ2n) is 6.68. The lowest BCUT2D eigenvalue weighted by Crippen LogP contribution is -2.38. The molecule has 3 atom stereocenters. The molecule has 1 heterocycles. The molecule has 4 nitrogen and oxygen atoms in total. The molecule has 0 aromatic carbocycles. The molecule has 3 rings (SSSR count). The smallest absolute Gasteiger partial charge is 0.187 e. The third kappa shape index (κ3) is 4.39. The van der Waals surface area contributed by atoms with E-state index in [4.69, 9.17) is 17.0 Å². The van der Waals surface area contributed by atoms with Crippen molar-refractivity contribution in [3.63, 3.8) is 0 Å². The van der Waals surface area contributed by atoms with Gasteiger partial charge in [0, 0.05) is 18.9 Å². The van der Waals surface area contributed by atoms with Crippen molar-refractivity contribution >= 4 is 23.0 Å². The normalized spacial score (nSPS) is 34.5. The summed E-state index contributed by atoms with van der Waals surface area (Å²) >= 11 is 5.29. The highest BCUT2D eigenvalue weighted by molar-refractivity contribution is 7.80. The number of hydrazone groups is 1. The highest BCUT2D eigenvalue weighted by Crippen LogP contribution is 2.39. The van der Waals surface area contributed by atoms with Gasteiger partial charge in [-0.2, -0.15) is 5.10 Å². The molecule has 118 valence electrons. The standard InChI is InChI=1S/C16H27N3OS/c21-16(17-11-15-6-3-9-20-15)19-18-14-8-7-12-4-1-2-5-13(12)10-14/h12-13,15H,1-11H2,(H2,17,19,21)/b18-14+/t12-,13+,15-/m0/s1. The molecule has 1 aliphatic heterocycles. The molecule has 0 aromatic heterocycles. The van der Waals surface area contributed by atoms with Crippen molar-refractivity contribution in [3.8, 4) is 0 Å². The largest absolute Gasteiger partial charge is 0.376 e. The predicted octanol–water partition coefficient (Wildman–Crippen LogP) is 2.98. The lowest BCUT2D eigenvalue weighted by molar-refractivity contribution is 0.114. The van der Waals surface area contributed by atoms with Gasteiger partial charge in [-0.25, -0.2) is 0 Å². The van der Waals surface area contributed by atoms with E-state index < -0.39 is 0 Å². The van der Waals surface area contributed by atoms with E-state index in [0.717, 1.165) is 44.2 Å². The fraction of sp³-hybridized carbons (Fsp3) is 0.875. The molecule has 2 aliphatic carbocycles. The molecule has 1 saturated heterocycles. The second kappa shape index (κ2) is 7.54. The Balaban J connectivity index is 1.39. The lowest BCUT2D eigenvalue weighted by Gasteiger charge is -2.35. The molecule has 0 amide bonds. The van der Waals surface area contributed by atoms with Crippen LogP contribution in [-0.4, -0.2) is 30.1 Å². The summed E-state index contributed by atoms with van der Waals surface area (Å²) in [6.07, 6.45) is 11.9. The summed E-state index contributed by atoms with van der Waals surface area (Å²) in [6, 6.07) is 0. The Bertz CT molecular complexity index is 393. The summed E-state index contributed by atoms with van der Waals surface area (Å²) in [4.78, 5) is 0. The number of thiocarbonyl (C=S) groups is 1. The molecule has 0 unspecified atom stereocenters. The first-order chi connectivity index (χ1) is 10.3. The van der Waals surface area contributed by atoms with Gasteiger partial charge in [0.15, 0.2) is 5.11 Å². The van der Waals surface area contributed by atoms with Crippen LogP contribution in [0, 0.1) is 11.8 Å². The van der Waals surface area contributed by atoms with Crippen molar-refractivity contribution in [1.29, 1.82) is 0 Å². The molecule has 21 heavy (non-hydrogen) atoms. The van der Waals surface area contributed by atoms with E-state index in [2.05, 4.69) is 15.8 Å². The van der Waals surface area contributed by atoms with Gasteiger partial charge >= 0.3 is 0 Å². The Morgan fingerprint density at radius 3 is 2.81 bits per heavy atom. The summed E-state index contributed by atoms with van der Waals surface area (Å²) in [7, 11) is 0. The van der Waals surface area contributed by atoms with Gasteiger partial charge in [-0.1, -0.05) is 19.3 Å². The fourth-order valence-electron chi connectivity index (χ4n) is 3.97. The van der Waals surface area contributed by atoms with Crippen LogP contribution in [0.15, 0.2) is 5.10 Å². The molecule has 3 fully saturated rings. The summed E-state index contributed by atoms with van der Waals surface area (Å²) in [5.74, 6) is 1.84. The third-order valence-corrected chi connectivity index (χ3v) is 5.43. The van der Waals surface area contributed by atoms with Crippen molar-refractivity contribution in [2.45, 2.75) is 63.9 Å². The van der Waals surface area contributed by atoms with Gasteiger partial charge in [-0.3, -0.25) is 5.43 Å². The zero-order valence-corrected chi connectivity index (χ0v) is 13.6. The highest BCUT2D eigenvalue weighted by Gasteiger charge is 2.30. The molecule has 3 aliphatic rings. The van der Waals surface area contributed by atoms with Gasteiger partial charge in [0.1, 0.15) is 0 Å². The topological polar surface area (TPSA) is 45.6 Å². The van der Waals surface area contributed by atoms with Crippen LogP contribution in [0.3, 0.4) is 0 Å². The number of fused-ring (bicyclic) bond motifs is 1. The summed E-state index contributed by atoms with van der Waals surface area (Å²) < 4.78 is 5.57. The SMILES string of the molecule is S=C(NC[C@@H]1CCCO1)N/N=C1\CC[C@@H]2CCCC[C@@H]2C1. The number of ether oxygens (including phenoxy) is 1. The molecule has 5 heteroatoms. The number of nitrogens with one attached hydrogen (secondary N) is 2. The van der Waals surface area contributed by atoms with Crippen LogP contribution in [0.2, 0.25) is 0 Å². The van der Waals surface area contributed by atoms with Gasteiger partial charge in [0.05, 0.1) is 6.10 Å². The van der Waals surface area contributed by atoms with Crippen molar-refractivity contribution < 1.29 is 4.74 Å². The van der Waals surface area contributed by atoms with Crippen LogP contribution >= 0.6 is 12.2 Å². The van der Waals surface area contributed by atoms with Crippen LogP contribution in [0.4, 0.5) is 0 Å². The van der Waals surface area contributed by atoms with Crippen LogP contribution in [-0.2, 0) is 4.74 Å². The average molecular weight is 309 g/mol. The van der Waals surface area contributed by atoms with Crippen LogP contribution in [0.5, 0.6) is 0 Å². The van der Waals surface area contributed by atoms with E-state index >= 15 is 0 Å². The molecular formula is C16H27N3OS. The number of rotatable bonds is 3. The first-order valence-electron chi connectivity index (χ1n) is 8.52. The van der Waals surface area contributed by atoms with Crippen molar-refractivity contribution in [2.75, 3.05) is 13.2 Å². The first-order valence-corrected chi connectivity index (χ1v) is 8.93. The Hall–Kier alpha value is -0.680. The minimum absolute atomic E-state index is 0.315. The first kappa shape index (κ1) is 15.2. The fourth-order valence-corrected chi connectivity index (χ4v) is 4.10. The van der Waals surface area contributed by atoms with Gasteiger partial charge < -0.3 is 10.1 Å². The molecule has 0 radical (unpaired) electrons. The monoisotopic (exact) mass is 309 g/mol. The maximum atomic E-state index is 5.57. The molecule has 0 aromatic rings. The van der Waals surface area contributed by atoms with E-state index in [1.54, 1.807) is 0 Å². The highest BCUT2D eigenvalue weighted by atomic mass is 32.1. The lowest BCUT2D eigenvalue weighted by atomic mass is 9.70. The van der Waals surface area contributed by atoms with Crippen molar-refractivity contribution in [2.24, 2.45) is 16.9 Å². The molecule has 2 saturated carbocycles. The van der Waals surface area contributed by atoms with E-state index in [1.165, 1.54) is 44.2 Å². The molecule has 0 spiro atoms. The van der Waals surface area contributed by atoms with Gasteiger partial charge in [-0.15, -0.1) is 0 Å². The van der Waals surface area contributed by atoms with E-state index in [0.29, 0.717) is 11.2 Å². The molecule has 0 bridgehead atoms. The zero-order valence-electron chi connectivity index (χ0n) is 12.8. The Morgan fingerprint density at radius 1 is 1.14 bits per heavy atom. The van der Waals surface area contributed by atoms with Crippen LogP contribution < -0.4 is 10.7 Å². The number of hydrogen-bond acceptors (Lipinski definition) is 3.